The summed E-state index contributed by atoms with van der Waals surface area (Å²) < 4.78 is 27.7. The molecule has 136 valence electrons. The molecule has 1 aliphatic heterocycles. The number of benzene rings is 1. The van der Waals surface area contributed by atoms with Crippen LogP contribution in [0.3, 0.4) is 0 Å². The van der Waals surface area contributed by atoms with Crippen LogP contribution < -0.4 is 9.62 Å². The quantitative estimate of drug-likeness (QED) is 0.808. The SMILES string of the molecule is O=C1CCC(=O)N1c1ccc(S(=O)(=O)Nc2nc3c(s2)CCCC3)cc1. The monoisotopic (exact) mass is 391 g/mol. The van der Waals surface area contributed by atoms with Crippen LogP contribution in [0.15, 0.2) is 29.2 Å². The summed E-state index contributed by atoms with van der Waals surface area (Å²) in [4.78, 5) is 30.2. The predicted octanol–water partition coefficient (Wildman–Crippen LogP) is 2.48. The maximum atomic E-state index is 12.6. The van der Waals surface area contributed by atoms with Crippen LogP contribution in [-0.2, 0) is 32.5 Å². The number of imide groups is 1. The van der Waals surface area contributed by atoms with Gasteiger partial charge in [-0.2, -0.15) is 0 Å². The molecule has 0 saturated carbocycles. The van der Waals surface area contributed by atoms with Crippen LogP contribution in [0.25, 0.3) is 0 Å². The third-order valence-electron chi connectivity index (χ3n) is 4.52. The van der Waals surface area contributed by atoms with Gasteiger partial charge < -0.3 is 0 Å². The number of nitrogens with one attached hydrogen (secondary N) is 1. The fourth-order valence-electron chi connectivity index (χ4n) is 3.21. The zero-order valence-electron chi connectivity index (χ0n) is 13.9. The molecule has 26 heavy (non-hydrogen) atoms. The van der Waals surface area contributed by atoms with Crippen molar-refractivity contribution >= 4 is 44.0 Å². The van der Waals surface area contributed by atoms with Crippen LogP contribution >= 0.6 is 11.3 Å². The molecule has 4 rings (SSSR count). The van der Waals surface area contributed by atoms with Gasteiger partial charge in [0.2, 0.25) is 11.8 Å². The molecular weight excluding hydrogens is 374 g/mol. The van der Waals surface area contributed by atoms with Crippen molar-refractivity contribution < 1.29 is 18.0 Å². The maximum absolute atomic E-state index is 12.6. The van der Waals surface area contributed by atoms with Crippen molar-refractivity contribution in [2.45, 2.75) is 43.4 Å². The Morgan fingerprint density at radius 2 is 1.62 bits per heavy atom. The topological polar surface area (TPSA) is 96.4 Å². The average Bonchev–Trinajstić information content (AvgIpc) is 3.16. The van der Waals surface area contributed by atoms with E-state index in [-0.39, 0.29) is 29.6 Å². The smallest absolute Gasteiger partial charge is 0.263 e. The van der Waals surface area contributed by atoms with E-state index in [0.29, 0.717) is 10.8 Å². The highest BCUT2D eigenvalue weighted by Crippen LogP contribution is 2.31. The van der Waals surface area contributed by atoms with Gasteiger partial charge in [-0.3, -0.25) is 19.2 Å². The van der Waals surface area contributed by atoms with Gasteiger partial charge in [-0.25, -0.2) is 13.4 Å². The standard InChI is InChI=1S/C17H17N3O4S2/c21-15-9-10-16(22)20(15)11-5-7-12(8-6-11)26(23,24)19-17-18-13-3-1-2-4-14(13)25-17/h5-8H,1-4,9-10H2,(H,18,19). The maximum Gasteiger partial charge on any atom is 0.263 e. The van der Waals surface area contributed by atoms with Gasteiger partial charge in [-0.15, -0.1) is 11.3 Å². The number of amides is 2. The van der Waals surface area contributed by atoms with E-state index in [1.807, 2.05) is 0 Å². The molecule has 0 bridgehead atoms. The molecule has 0 atom stereocenters. The molecule has 9 heteroatoms. The Morgan fingerprint density at radius 1 is 0.962 bits per heavy atom. The lowest BCUT2D eigenvalue weighted by molar-refractivity contribution is -0.121. The molecule has 0 spiro atoms. The molecule has 2 amide bonds. The number of hydrogen-bond acceptors (Lipinski definition) is 6. The van der Waals surface area contributed by atoms with Crippen LogP contribution in [0, 0.1) is 0 Å². The minimum absolute atomic E-state index is 0.0634. The Labute approximate surface area is 155 Å². The number of rotatable bonds is 4. The Kier molecular flexibility index (Phi) is 4.28. The highest BCUT2D eigenvalue weighted by molar-refractivity contribution is 7.93. The number of aryl methyl sites for hydroxylation is 2. The van der Waals surface area contributed by atoms with Crippen LogP contribution in [0.4, 0.5) is 10.8 Å². The number of carbonyl (C=O) groups excluding carboxylic acids is 2. The first-order valence-electron chi connectivity index (χ1n) is 8.41. The molecule has 1 aromatic heterocycles. The number of carbonyl (C=O) groups is 2. The van der Waals surface area contributed by atoms with Crippen molar-refractivity contribution in [2.75, 3.05) is 9.62 Å². The Hall–Kier alpha value is -2.26. The largest absolute Gasteiger partial charge is 0.274 e. The number of anilines is 2. The number of sulfonamides is 1. The van der Waals surface area contributed by atoms with Gasteiger partial charge >= 0.3 is 0 Å². The second kappa shape index (κ2) is 6.48. The molecule has 2 aliphatic rings. The van der Waals surface area contributed by atoms with E-state index >= 15 is 0 Å². The summed E-state index contributed by atoms with van der Waals surface area (Å²) in [6.07, 6.45) is 4.40. The summed E-state index contributed by atoms with van der Waals surface area (Å²) in [5.41, 5.74) is 1.38. The fourth-order valence-corrected chi connectivity index (χ4v) is 5.49. The molecule has 1 fully saturated rings. The van der Waals surface area contributed by atoms with E-state index < -0.39 is 10.0 Å². The summed E-state index contributed by atoms with van der Waals surface area (Å²) >= 11 is 1.38. The molecular formula is C17H17N3O4S2. The van der Waals surface area contributed by atoms with Crippen molar-refractivity contribution in [3.63, 3.8) is 0 Å². The average molecular weight is 391 g/mol. The van der Waals surface area contributed by atoms with Crippen molar-refractivity contribution in [2.24, 2.45) is 0 Å². The first-order chi connectivity index (χ1) is 12.4. The van der Waals surface area contributed by atoms with Crippen molar-refractivity contribution in [1.82, 2.24) is 4.98 Å². The van der Waals surface area contributed by atoms with Gasteiger partial charge in [0.1, 0.15) is 0 Å². The lowest BCUT2D eigenvalue weighted by Crippen LogP contribution is -2.28. The lowest BCUT2D eigenvalue weighted by Gasteiger charge is -2.14. The summed E-state index contributed by atoms with van der Waals surface area (Å²) in [5, 5.41) is 0.380. The second-order valence-corrected chi connectivity index (χ2v) is 9.08. The second-order valence-electron chi connectivity index (χ2n) is 6.32. The summed E-state index contributed by atoms with van der Waals surface area (Å²) in [7, 11) is -3.77. The Morgan fingerprint density at radius 3 is 2.27 bits per heavy atom. The van der Waals surface area contributed by atoms with Crippen molar-refractivity contribution in [3.8, 4) is 0 Å². The van der Waals surface area contributed by atoms with E-state index in [1.165, 1.54) is 35.6 Å². The number of nitrogens with zero attached hydrogens (tertiary/aromatic N) is 2. The highest BCUT2D eigenvalue weighted by Gasteiger charge is 2.30. The number of hydrogen-bond donors (Lipinski definition) is 1. The first kappa shape index (κ1) is 17.2. The Bertz CT molecular complexity index is 940. The number of thiazole rings is 1. The van der Waals surface area contributed by atoms with Crippen molar-refractivity contribution in [3.05, 3.63) is 34.8 Å². The van der Waals surface area contributed by atoms with Crippen molar-refractivity contribution in [1.29, 1.82) is 0 Å². The molecule has 0 unspecified atom stereocenters. The predicted molar refractivity (Wildman–Crippen MR) is 97.7 cm³/mol. The van der Waals surface area contributed by atoms with Gasteiger partial charge in [-0.05, 0) is 49.9 Å². The van der Waals surface area contributed by atoms with E-state index in [2.05, 4.69) is 9.71 Å². The fraction of sp³-hybridized carbons (Fsp3) is 0.353. The Balaban J connectivity index is 1.55. The molecule has 7 nitrogen and oxygen atoms in total. The number of fused-ring (bicyclic) bond motifs is 1. The normalized spacial score (nSPS) is 17.5. The molecule has 0 radical (unpaired) electrons. The third-order valence-corrected chi connectivity index (χ3v) is 7.08. The summed E-state index contributed by atoms with van der Waals surface area (Å²) in [5.74, 6) is -0.533. The van der Waals surface area contributed by atoms with Crippen LogP contribution in [0.1, 0.15) is 36.3 Å². The molecule has 2 aromatic rings. The van der Waals surface area contributed by atoms with Gasteiger partial charge in [0.05, 0.1) is 16.3 Å². The van der Waals surface area contributed by atoms with E-state index in [9.17, 15) is 18.0 Å². The molecule has 2 heterocycles. The van der Waals surface area contributed by atoms with Gasteiger partial charge in [-0.1, -0.05) is 0 Å². The highest BCUT2D eigenvalue weighted by atomic mass is 32.2. The van der Waals surface area contributed by atoms with E-state index in [4.69, 9.17) is 0 Å². The molecule has 1 aliphatic carbocycles. The van der Waals surface area contributed by atoms with E-state index in [0.717, 1.165) is 41.2 Å². The molecule has 1 aromatic carbocycles. The van der Waals surface area contributed by atoms with Crippen LogP contribution in [0.2, 0.25) is 0 Å². The summed E-state index contributed by atoms with van der Waals surface area (Å²) in [6.45, 7) is 0. The number of aromatic nitrogens is 1. The zero-order chi connectivity index (χ0) is 18.3. The molecule has 1 saturated heterocycles. The zero-order valence-corrected chi connectivity index (χ0v) is 15.5. The van der Waals surface area contributed by atoms with Crippen LogP contribution in [0.5, 0.6) is 0 Å². The van der Waals surface area contributed by atoms with Gasteiger partial charge in [0.15, 0.2) is 5.13 Å². The molecule has 1 N–H and O–H groups in total. The minimum atomic E-state index is -3.77. The first-order valence-corrected chi connectivity index (χ1v) is 10.7. The van der Waals surface area contributed by atoms with Gasteiger partial charge in [0.25, 0.3) is 10.0 Å². The minimum Gasteiger partial charge on any atom is -0.274 e. The lowest BCUT2D eigenvalue weighted by atomic mass is 10.0. The summed E-state index contributed by atoms with van der Waals surface area (Å²) in [6, 6.07) is 5.74. The van der Waals surface area contributed by atoms with Crippen LogP contribution in [-0.4, -0.2) is 25.2 Å². The van der Waals surface area contributed by atoms with E-state index in [1.54, 1.807) is 0 Å². The third kappa shape index (κ3) is 3.12. The van der Waals surface area contributed by atoms with Gasteiger partial charge in [0, 0.05) is 17.7 Å².